The molecular formula is C15H15NO6S. The largest absolute Gasteiger partial charge is 0.465 e. The maximum absolute atomic E-state index is 11.0. The molecule has 0 saturated heterocycles. The average Bonchev–Trinajstić information content (AvgIpc) is 3.02. The summed E-state index contributed by atoms with van der Waals surface area (Å²) in [6.07, 6.45) is 11.7. The van der Waals surface area contributed by atoms with Gasteiger partial charge in [-0.2, -0.15) is 8.42 Å². The summed E-state index contributed by atoms with van der Waals surface area (Å²) in [6.45, 7) is -0.199. The number of hydrogen-bond acceptors (Lipinski definition) is 7. The summed E-state index contributed by atoms with van der Waals surface area (Å²) in [5, 5.41) is 3.75. The SMILES string of the molecule is CS(=O)(=O)OCc1cc(C2=COC=C(C3=CC=CCC3)O2)on1. The number of aromatic nitrogens is 1. The number of rotatable bonds is 5. The molecule has 0 amide bonds. The molecule has 0 unspecified atom stereocenters. The van der Waals surface area contributed by atoms with Crippen molar-refractivity contribution >= 4 is 15.9 Å². The summed E-state index contributed by atoms with van der Waals surface area (Å²) in [6, 6.07) is 1.54. The third-order valence-corrected chi connectivity index (χ3v) is 3.67. The Labute approximate surface area is 133 Å². The molecule has 0 bridgehead atoms. The van der Waals surface area contributed by atoms with Gasteiger partial charge < -0.3 is 14.0 Å². The summed E-state index contributed by atoms with van der Waals surface area (Å²) in [7, 11) is -3.54. The maximum atomic E-state index is 11.0. The lowest BCUT2D eigenvalue weighted by Gasteiger charge is -2.17. The van der Waals surface area contributed by atoms with Crippen molar-refractivity contribution in [3.05, 3.63) is 59.6 Å². The van der Waals surface area contributed by atoms with Gasteiger partial charge in [-0.3, -0.25) is 4.18 Å². The Morgan fingerprint density at radius 2 is 2.13 bits per heavy atom. The molecule has 3 rings (SSSR count). The van der Waals surface area contributed by atoms with E-state index in [1.165, 1.54) is 12.5 Å². The fourth-order valence-corrected chi connectivity index (χ4v) is 2.38. The summed E-state index contributed by atoms with van der Waals surface area (Å²) in [5.74, 6) is 1.29. The van der Waals surface area contributed by atoms with E-state index in [0.29, 0.717) is 23.0 Å². The molecule has 0 spiro atoms. The second-order valence-electron chi connectivity index (χ2n) is 5.01. The van der Waals surface area contributed by atoms with Gasteiger partial charge in [0.2, 0.25) is 11.5 Å². The first-order valence-electron chi connectivity index (χ1n) is 6.91. The van der Waals surface area contributed by atoms with E-state index >= 15 is 0 Å². The van der Waals surface area contributed by atoms with Crippen LogP contribution in [0.2, 0.25) is 0 Å². The van der Waals surface area contributed by atoms with Crippen LogP contribution >= 0.6 is 0 Å². The van der Waals surface area contributed by atoms with Crippen LogP contribution in [-0.2, 0) is 30.4 Å². The smallest absolute Gasteiger partial charge is 0.264 e. The van der Waals surface area contributed by atoms with Crippen molar-refractivity contribution in [3.63, 3.8) is 0 Å². The zero-order chi connectivity index (χ0) is 16.3. The van der Waals surface area contributed by atoms with Gasteiger partial charge in [-0.15, -0.1) is 0 Å². The first kappa shape index (κ1) is 15.6. The normalized spacial score (nSPS) is 17.7. The predicted molar refractivity (Wildman–Crippen MR) is 80.8 cm³/mol. The van der Waals surface area contributed by atoms with E-state index in [0.717, 1.165) is 24.7 Å². The van der Waals surface area contributed by atoms with Crippen LogP contribution in [0.1, 0.15) is 24.3 Å². The van der Waals surface area contributed by atoms with E-state index in [9.17, 15) is 8.42 Å². The van der Waals surface area contributed by atoms with Crippen LogP contribution < -0.4 is 0 Å². The van der Waals surface area contributed by atoms with Crippen LogP contribution in [0.15, 0.2) is 52.7 Å². The van der Waals surface area contributed by atoms with Crippen molar-refractivity contribution in [1.82, 2.24) is 5.16 Å². The second kappa shape index (κ2) is 6.43. The van der Waals surface area contributed by atoms with Gasteiger partial charge in [0.05, 0.1) is 6.26 Å². The molecule has 2 aliphatic rings. The predicted octanol–water partition coefficient (Wildman–Crippen LogP) is 2.61. The zero-order valence-corrected chi connectivity index (χ0v) is 13.2. The fraction of sp³-hybridized carbons (Fsp3) is 0.267. The summed E-state index contributed by atoms with van der Waals surface area (Å²) in [4.78, 5) is 0. The van der Waals surface area contributed by atoms with E-state index < -0.39 is 10.1 Å². The van der Waals surface area contributed by atoms with Gasteiger partial charge >= 0.3 is 0 Å². The van der Waals surface area contributed by atoms with Crippen LogP contribution in [0.4, 0.5) is 0 Å². The van der Waals surface area contributed by atoms with Crippen molar-refractivity contribution in [2.75, 3.05) is 6.26 Å². The number of ether oxygens (including phenoxy) is 2. The maximum Gasteiger partial charge on any atom is 0.264 e. The van der Waals surface area contributed by atoms with Crippen molar-refractivity contribution in [2.45, 2.75) is 19.4 Å². The molecule has 0 fully saturated rings. The molecule has 0 saturated carbocycles. The van der Waals surface area contributed by atoms with Gasteiger partial charge in [-0.1, -0.05) is 23.4 Å². The van der Waals surface area contributed by atoms with Crippen molar-refractivity contribution in [1.29, 1.82) is 0 Å². The van der Waals surface area contributed by atoms with Gasteiger partial charge in [0.1, 0.15) is 24.8 Å². The Morgan fingerprint density at radius 1 is 1.30 bits per heavy atom. The highest BCUT2D eigenvalue weighted by Crippen LogP contribution is 2.30. The van der Waals surface area contributed by atoms with E-state index in [1.807, 2.05) is 12.2 Å². The molecule has 8 heteroatoms. The first-order chi connectivity index (χ1) is 11.0. The van der Waals surface area contributed by atoms with Crippen molar-refractivity contribution < 1.29 is 26.6 Å². The van der Waals surface area contributed by atoms with Gasteiger partial charge in [-0.25, -0.2) is 0 Å². The third-order valence-electron chi connectivity index (χ3n) is 3.12. The molecule has 1 aromatic heterocycles. The summed E-state index contributed by atoms with van der Waals surface area (Å²) in [5.41, 5.74) is 1.36. The Hall–Kier alpha value is -2.32. The molecule has 1 aliphatic heterocycles. The quantitative estimate of drug-likeness (QED) is 0.763. The zero-order valence-electron chi connectivity index (χ0n) is 12.4. The van der Waals surface area contributed by atoms with E-state index in [2.05, 4.69) is 15.4 Å². The molecule has 1 aliphatic carbocycles. The van der Waals surface area contributed by atoms with Crippen LogP contribution in [0.5, 0.6) is 0 Å². The Kier molecular flexibility index (Phi) is 4.35. The summed E-state index contributed by atoms with van der Waals surface area (Å²) < 4.78 is 42.8. The topological polar surface area (TPSA) is 87.9 Å². The lowest BCUT2D eigenvalue weighted by atomic mass is 10.0. The molecular weight excluding hydrogens is 322 g/mol. The minimum Gasteiger partial charge on any atom is -0.465 e. The Balaban J connectivity index is 1.68. The van der Waals surface area contributed by atoms with Crippen LogP contribution in [0.3, 0.4) is 0 Å². The standard InChI is InChI=1S/C15H15NO6S/c1-23(17,18)20-8-12-7-13(22-16-12)15-10-19-9-14(21-15)11-5-3-2-4-6-11/h2-3,5,7,9-10H,4,6,8H2,1H3. The van der Waals surface area contributed by atoms with Gasteiger partial charge in [-0.05, 0) is 18.4 Å². The van der Waals surface area contributed by atoms with Gasteiger partial charge in [0, 0.05) is 6.07 Å². The molecule has 122 valence electrons. The molecule has 23 heavy (non-hydrogen) atoms. The fourth-order valence-electron chi connectivity index (χ4n) is 2.05. The van der Waals surface area contributed by atoms with Crippen LogP contribution in [0, 0.1) is 0 Å². The average molecular weight is 337 g/mol. The van der Waals surface area contributed by atoms with Gasteiger partial charge in [0.15, 0.2) is 5.76 Å². The van der Waals surface area contributed by atoms with Crippen molar-refractivity contribution in [3.8, 4) is 0 Å². The first-order valence-corrected chi connectivity index (χ1v) is 8.73. The number of nitrogens with zero attached hydrogens (tertiary/aromatic N) is 1. The highest BCUT2D eigenvalue weighted by atomic mass is 32.2. The molecule has 0 aromatic carbocycles. The third kappa shape index (κ3) is 4.11. The molecule has 0 N–H and O–H groups in total. The van der Waals surface area contributed by atoms with E-state index in [4.69, 9.17) is 14.0 Å². The van der Waals surface area contributed by atoms with Crippen LogP contribution in [0.25, 0.3) is 5.76 Å². The highest BCUT2D eigenvalue weighted by Gasteiger charge is 2.20. The minimum atomic E-state index is -3.54. The van der Waals surface area contributed by atoms with Crippen molar-refractivity contribution in [2.24, 2.45) is 0 Å². The molecule has 7 nitrogen and oxygen atoms in total. The lowest BCUT2D eigenvalue weighted by Crippen LogP contribution is -2.03. The minimum absolute atomic E-state index is 0.199. The number of hydrogen-bond donors (Lipinski definition) is 0. The lowest BCUT2D eigenvalue weighted by molar-refractivity contribution is 0.267. The second-order valence-corrected chi connectivity index (χ2v) is 6.65. The van der Waals surface area contributed by atoms with Crippen LogP contribution in [-0.4, -0.2) is 19.8 Å². The Morgan fingerprint density at radius 3 is 2.87 bits per heavy atom. The molecule has 0 atom stereocenters. The Bertz CT molecular complexity index is 813. The van der Waals surface area contributed by atoms with E-state index in [1.54, 1.807) is 6.07 Å². The molecule has 0 radical (unpaired) electrons. The van der Waals surface area contributed by atoms with Gasteiger partial charge in [0.25, 0.3) is 10.1 Å². The monoisotopic (exact) mass is 337 g/mol. The number of allylic oxidation sites excluding steroid dienone is 4. The molecule has 2 heterocycles. The molecule has 1 aromatic rings. The summed E-state index contributed by atoms with van der Waals surface area (Å²) >= 11 is 0. The highest BCUT2D eigenvalue weighted by molar-refractivity contribution is 7.85. The van der Waals surface area contributed by atoms with E-state index in [-0.39, 0.29) is 6.61 Å².